The first-order valence-corrected chi connectivity index (χ1v) is 8.34. The van der Waals surface area contributed by atoms with Gasteiger partial charge in [-0.1, -0.05) is 44.2 Å². The van der Waals surface area contributed by atoms with Crippen molar-refractivity contribution < 1.29 is 4.79 Å². The van der Waals surface area contributed by atoms with Gasteiger partial charge in [-0.2, -0.15) is 5.10 Å². The molecule has 0 unspecified atom stereocenters. The van der Waals surface area contributed by atoms with Gasteiger partial charge < -0.3 is 4.90 Å². The lowest BCUT2D eigenvalue weighted by Gasteiger charge is -2.18. The lowest BCUT2D eigenvalue weighted by atomic mass is 10.1. The number of amides is 1. The molecule has 1 saturated heterocycles. The van der Waals surface area contributed by atoms with Crippen molar-refractivity contribution in [1.29, 1.82) is 0 Å². The normalized spacial score (nSPS) is 18.1. The third-order valence-corrected chi connectivity index (χ3v) is 4.21. The molecular weight excluding hydrogens is 288 g/mol. The van der Waals surface area contributed by atoms with Crippen LogP contribution in [0.3, 0.4) is 0 Å². The van der Waals surface area contributed by atoms with Gasteiger partial charge in [0, 0.05) is 31.8 Å². The first-order chi connectivity index (χ1) is 11.1. The Kier molecular flexibility index (Phi) is 4.74. The van der Waals surface area contributed by atoms with Crippen molar-refractivity contribution in [2.45, 2.75) is 39.0 Å². The number of carbonyl (C=O) groups is 1. The van der Waals surface area contributed by atoms with Crippen LogP contribution in [0, 0.1) is 5.92 Å². The van der Waals surface area contributed by atoms with Crippen molar-refractivity contribution in [2.75, 3.05) is 13.1 Å². The zero-order chi connectivity index (χ0) is 16.2. The molecule has 1 amide bonds. The number of likely N-dealkylation sites (tertiary alicyclic amines) is 1. The van der Waals surface area contributed by atoms with E-state index in [0.717, 1.165) is 37.6 Å². The summed E-state index contributed by atoms with van der Waals surface area (Å²) in [4.78, 5) is 18.6. The first kappa shape index (κ1) is 15.7. The van der Waals surface area contributed by atoms with Crippen molar-refractivity contribution in [3.05, 3.63) is 47.5 Å². The van der Waals surface area contributed by atoms with Crippen molar-refractivity contribution in [3.63, 3.8) is 0 Å². The van der Waals surface area contributed by atoms with Gasteiger partial charge in [-0.3, -0.25) is 9.89 Å². The van der Waals surface area contributed by atoms with Gasteiger partial charge in [-0.15, -0.1) is 0 Å². The molecule has 23 heavy (non-hydrogen) atoms. The van der Waals surface area contributed by atoms with E-state index in [4.69, 9.17) is 0 Å². The summed E-state index contributed by atoms with van der Waals surface area (Å²) in [5.74, 6) is 2.53. The number of aromatic nitrogens is 3. The number of aryl methyl sites for hydroxylation is 2. The Morgan fingerprint density at radius 3 is 2.78 bits per heavy atom. The van der Waals surface area contributed by atoms with Crippen LogP contribution in [0.15, 0.2) is 30.3 Å². The highest BCUT2D eigenvalue weighted by atomic mass is 16.2. The number of hydrogen-bond acceptors (Lipinski definition) is 3. The third-order valence-electron chi connectivity index (χ3n) is 4.21. The van der Waals surface area contributed by atoms with E-state index in [-0.39, 0.29) is 11.8 Å². The summed E-state index contributed by atoms with van der Waals surface area (Å²) in [7, 11) is 0. The molecule has 1 aromatic carbocycles. The molecule has 1 aromatic heterocycles. The zero-order valence-electron chi connectivity index (χ0n) is 13.8. The molecule has 5 nitrogen and oxygen atoms in total. The molecule has 0 bridgehead atoms. The Morgan fingerprint density at radius 1 is 1.26 bits per heavy atom. The van der Waals surface area contributed by atoms with E-state index in [1.807, 2.05) is 11.0 Å². The van der Waals surface area contributed by atoms with Gasteiger partial charge in [0.05, 0.1) is 0 Å². The van der Waals surface area contributed by atoms with E-state index < -0.39 is 0 Å². The Morgan fingerprint density at radius 2 is 2.04 bits per heavy atom. The van der Waals surface area contributed by atoms with Gasteiger partial charge in [-0.05, 0) is 17.9 Å². The van der Waals surface area contributed by atoms with Crippen molar-refractivity contribution in [2.24, 2.45) is 5.92 Å². The molecule has 2 aromatic rings. The molecule has 3 rings (SSSR count). The summed E-state index contributed by atoms with van der Waals surface area (Å²) in [5, 5.41) is 7.38. The van der Waals surface area contributed by atoms with Crippen LogP contribution in [0.2, 0.25) is 0 Å². The lowest BCUT2D eigenvalue weighted by molar-refractivity contribution is -0.128. The van der Waals surface area contributed by atoms with Crippen LogP contribution in [0.5, 0.6) is 0 Å². The summed E-state index contributed by atoms with van der Waals surface area (Å²) in [6.07, 6.45) is 2.31. The molecule has 0 radical (unpaired) electrons. The van der Waals surface area contributed by atoms with E-state index in [0.29, 0.717) is 12.3 Å². The average Bonchev–Trinajstić information content (AvgIpc) is 3.13. The number of hydrogen-bond donors (Lipinski definition) is 1. The fraction of sp³-hybridized carbons (Fsp3) is 0.500. The van der Waals surface area contributed by atoms with Crippen LogP contribution >= 0.6 is 0 Å². The van der Waals surface area contributed by atoms with Crippen LogP contribution in [0.4, 0.5) is 0 Å². The topological polar surface area (TPSA) is 61.9 Å². The summed E-state index contributed by atoms with van der Waals surface area (Å²) < 4.78 is 0. The van der Waals surface area contributed by atoms with Crippen molar-refractivity contribution >= 4 is 5.91 Å². The van der Waals surface area contributed by atoms with Gasteiger partial charge >= 0.3 is 0 Å². The fourth-order valence-electron chi connectivity index (χ4n) is 3.07. The highest BCUT2D eigenvalue weighted by Gasteiger charge is 2.33. The van der Waals surface area contributed by atoms with E-state index in [1.165, 1.54) is 5.56 Å². The van der Waals surface area contributed by atoms with Gasteiger partial charge in [0.15, 0.2) is 5.82 Å². The molecule has 0 aliphatic carbocycles. The highest BCUT2D eigenvalue weighted by molar-refractivity contribution is 5.79. The van der Waals surface area contributed by atoms with Crippen molar-refractivity contribution in [3.8, 4) is 0 Å². The summed E-state index contributed by atoms with van der Waals surface area (Å²) in [6, 6.07) is 10.4. The monoisotopic (exact) mass is 312 g/mol. The molecule has 1 aliphatic rings. The maximum atomic E-state index is 12.1. The second-order valence-electron chi connectivity index (χ2n) is 6.72. The fourth-order valence-corrected chi connectivity index (χ4v) is 3.07. The number of rotatable bonds is 6. The highest BCUT2D eigenvalue weighted by Crippen LogP contribution is 2.26. The van der Waals surface area contributed by atoms with E-state index >= 15 is 0 Å². The summed E-state index contributed by atoms with van der Waals surface area (Å²) in [5.41, 5.74) is 1.30. The second kappa shape index (κ2) is 6.94. The minimum Gasteiger partial charge on any atom is -0.342 e. The Labute approximate surface area is 137 Å². The van der Waals surface area contributed by atoms with Crippen LogP contribution in [-0.2, 0) is 17.6 Å². The summed E-state index contributed by atoms with van der Waals surface area (Å²) in [6.45, 7) is 5.83. The minimum absolute atomic E-state index is 0.128. The maximum Gasteiger partial charge on any atom is 0.223 e. The largest absolute Gasteiger partial charge is 0.342 e. The van der Waals surface area contributed by atoms with Crippen molar-refractivity contribution in [1.82, 2.24) is 20.1 Å². The standard InChI is InChI=1S/C18H24N4O/c1-13(2)11-22-12-15(10-17(22)23)18-19-16(20-21-18)9-8-14-6-4-3-5-7-14/h3-7,13,15H,8-12H2,1-2H3,(H,19,20,21)/t15-/m0/s1. The van der Waals surface area contributed by atoms with Crippen LogP contribution in [0.25, 0.3) is 0 Å². The molecule has 5 heteroatoms. The molecule has 1 aliphatic heterocycles. The molecule has 0 spiro atoms. The number of aromatic amines is 1. The van der Waals surface area contributed by atoms with Gasteiger partial charge in [0.2, 0.25) is 5.91 Å². The van der Waals surface area contributed by atoms with E-state index in [2.05, 4.69) is 53.3 Å². The average molecular weight is 312 g/mol. The van der Waals surface area contributed by atoms with E-state index in [1.54, 1.807) is 0 Å². The predicted molar refractivity (Wildman–Crippen MR) is 89.0 cm³/mol. The van der Waals surface area contributed by atoms with E-state index in [9.17, 15) is 4.79 Å². The van der Waals surface area contributed by atoms with Gasteiger partial charge in [-0.25, -0.2) is 4.98 Å². The Balaban J connectivity index is 1.58. The second-order valence-corrected chi connectivity index (χ2v) is 6.72. The number of carbonyl (C=O) groups excluding carboxylic acids is 1. The molecule has 1 atom stereocenters. The predicted octanol–water partition coefficient (Wildman–Crippen LogP) is 2.56. The molecule has 1 fully saturated rings. The number of H-pyrrole nitrogens is 1. The molecule has 122 valence electrons. The Hall–Kier alpha value is -2.17. The van der Waals surface area contributed by atoms with Gasteiger partial charge in [0.25, 0.3) is 0 Å². The van der Waals surface area contributed by atoms with Crippen LogP contribution < -0.4 is 0 Å². The number of benzene rings is 1. The smallest absolute Gasteiger partial charge is 0.223 e. The molecule has 0 saturated carbocycles. The van der Waals surface area contributed by atoms with Crippen LogP contribution in [-0.4, -0.2) is 39.1 Å². The molecule has 2 heterocycles. The Bertz CT molecular complexity index is 650. The minimum atomic E-state index is 0.128. The SMILES string of the molecule is CC(C)CN1C[C@@H](c2n[nH]c(CCc3ccccc3)n2)CC1=O. The quantitative estimate of drug-likeness (QED) is 0.891. The maximum absolute atomic E-state index is 12.1. The first-order valence-electron chi connectivity index (χ1n) is 8.34. The molecule has 1 N–H and O–H groups in total. The number of nitrogens with zero attached hydrogens (tertiary/aromatic N) is 3. The van der Waals surface area contributed by atoms with Gasteiger partial charge in [0.1, 0.15) is 5.82 Å². The summed E-state index contributed by atoms with van der Waals surface area (Å²) >= 11 is 0. The zero-order valence-corrected chi connectivity index (χ0v) is 13.8. The van der Waals surface area contributed by atoms with Crippen LogP contribution in [0.1, 0.15) is 43.4 Å². The number of nitrogens with one attached hydrogen (secondary N) is 1. The lowest BCUT2D eigenvalue weighted by Crippen LogP contribution is -2.29. The third kappa shape index (κ3) is 3.97. The molecular formula is C18H24N4O.